The number of ether oxygens (including phenoxy) is 1. The van der Waals surface area contributed by atoms with Gasteiger partial charge in [-0.3, -0.25) is 4.79 Å². The van der Waals surface area contributed by atoms with Gasteiger partial charge in [0.15, 0.2) is 0 Å². The van der Waals surface area contributed by atoms with Gasteiger partial charge in [-0.15, -0.1) is 11.3 Å². The van der Waals surface area contributed by atoms with Gasteiger partial charge in [-0.05, 0) is 42.0 Å². The van der Waals surface area contributed by atoms with Crippen molar-refractivity contribution in [3.8, 4) is 5.75 Å². The van der Waals surface area contributed by atoms with Gasteiger partial charge in [0.25, 0.3) is 5.91 Å². The molecule has 5 heteroatoms. The van der Waals surface area contributed by atoms with Crippen LogP contribution in [-0.4, -0.2) is 19.6 Å². The minimum Gasteiger partial charge on any atom is -0.495 e. The summed E-state index contributed by atoms with van der Waals surface area (Å²) in [6.07, 6.45) is 1.96. The molecule has 2 aromatic rings. The molecule has 2 N–H and O–H groups in total. The molecule has 1 amide bonds. The second-order valence-electron chi connectivity index (χ2n) is 4.77. The molecule has 0 aliphatic carbocycles. The fourth-order valence-electron chi connectivity index (χ4n) is 2.54. The second kappa shape index (κ2) is 5.17. The van der Waals surface area contributed by atoms with Gasteiger partial charge in [0.05, 0.1) is 7.11 Å². The Kier molecular flexibility index (Phi) is 3.36. The Labute approximate surface area is 121 Å². The van der Waals surface area contributed by atoms with Gasteiger partial charge >= 0.3 is 0 Å². The molecule has 1 aliphatic heterocycles. The number of fused-ring (bicyclic) bond motifs is 1. The van der Waals surface area contributed by atoms with Crippen molar-refractivity contribution in [3.63, 3.8) is 0 Å². The molecule has 1 aromatic heterocycles. The first-order chi connectivity index (χ1) is 9.70. The topological polar surface area (TPSA) is 55.6 Å². The molecule has 0 unspecified atom stereocenters. The molecule has 3 rings (SSSR count). The second-order valence-corrected chi connectivity index (χ2v) is 5.68. The highest BCUT2D eigenvalue weighted by atomic mass is 32.1. The number of carbonyl (C=O) groups is 1. The summed E-state index contributed by atoms with van der Waals surface area (Å²) in [4.78, 5) is 15.2. The van der Waals surface area contributed by atoms with Gasteiger partial charge in [-0.25, -0.2) is 0 Å². The Hall–Kier alpha value is -2.01. The van der Waals surface area contributed by atoms with Crippen molar-refractivity contribution in [2.75, 3.05) is 24.3 Å². The molecule has 2 heterocycles. The van der Waals surface area contributed by atoms with E-state index in [1.165, 1.54) is 16.9 Å². The van der Waals surface area contributed by atoms with Gasteiger partial charge < -0.3 is 15.4 Å². The summed E-state index contributed by atoms with van der Waals surface area (Å²) in [5.74, 6) is 0.624. The molecular weight excluding hydrogens is 272 g/mol. The molecule has 0 bridgehead atoms. The molecule has 0 radical (unpaired) electrons. The maximum absolute atomic E-state index is 12.7. The third-order valence-corrected chi connectivity index (χ3v) is 4.40. The van der Waals surface area contributed by atoms with Crippen LogP contribution in [0.5, 0.6) is 5.75 Å². The van der Waals surface area contributed by atoms with E-state index in [9.17, 15) is 4.79 Å². The number of thiophene rings is 1. The molecule has 20 heavy (non-hydrogen) atoms. The first-order valence-electron chi connectivity index (χ1n) is 6.52. The lowest BCUT2D eigenvalue weighted by Gasteiger charge is -2.29. The molecule has 0 atom stereocenters. The van der Waals surface area contributed by atoms with Crippen LogP contribution in [0.15, 0.2) is 29.6 Å². The zero-order valence-electron chi connectivity index (χ0n) is 11.3. The number of aryl methyl sites for hydroxylation is 1. The predicted molar refractivity (Wildman–Crippen MR) is 81.7 cm³/mol. The largest absolute Gasteiger partial charge is 0.495 e. The number of benzene rings is 1. The number of nitrogens with two attached hydrogens (primary N) is 1. The summed E-state index contributed by atoms with van der Waals surface area (Å²) in [6, 6.07) is 7.60. The molecule has 0 saturated heterocycles. The zero-order valence-corrected chi connectivity index (χ0v) is 12.1. The van der Waals surface area contributed by atoms with Gasteiger partial charge in [0.2, 0.25) is 0 Å². The minimum absolute atomic E-state index is 0.0107. The number of rotatable bonds is 2. The zero-order chi connectivity index (χ0) is 14.1. The number of hydrogen-bond donors (Lipinski definition) is 1. The lowest BCUT2D eigenvalue weighted by atomic mass is 10.0. The van der Waals surface area contributed by atoms with E-state index >= 15 is 0 Å². The highest BCUT2D eigenvalue weighted by Crippen LogP contribution is 2.33. The van der Waals surface area contributed by atoms with E-state index in [0.717, 1.165) is 25.1 Å². The van der Waals surface area contributed by atoms with E-state index in [1.807, 2.05) is 34.5 Å². The Balaban J connectivity index is 2.00. The lowest BCUT2D eigenvalue weighted by Crippen LogP contribution is -2.35. The van der Waals surface area contributed by atoms with E-state index in [0.29, 0.717) is 16.3 Å². The van der Waals surface area contributed by atoms with Crippen LogP contribution < -0.4 is 15.4 Å². The summed E-state index contributed by atoms with van der Waals surface area (Å²) in [6.45, 7) is 0.719. The molecule has 4 nitrogen and oxygen atoms in total. The first-order valence-corrected chi connectivity index (χ1v) is 7.40. The smallest absolute Gasteiger partial charge is 0.272 e. The Morgan fingerprint density at radius 1 is 1.40 bits per heavy atom. The molecule has 1 aromatic carbocycles. The van der Waals surface area contributed by atoms with E-state index < -0.39 is 0 Å². The number of nitrogens with zero attached hydrogens (tertiary/aromatic N) is 1. The van der Waals surface area contributed by atoms with E-state index in [-0.39, 0.29) is 5.91 Å². The highest BCUT2D eigenvalue weighted by molar-refractivity contribution is 7.12. The molecule has 0 fully saturated rings. The van der Waals surface area contributed by atoms with E-state index in [4.69, 9.17) is 10.5 Å². The number of nitrogen functional groups attached to an aromatic ring is 1. The molecule has 1 aliphatic rings. The Morgan fingerprint density at radius 3 is 3.05 bits per heavy atom. The number of hydrogen-bond acceptors (Lipinski definition) is 4. The lowest BCUT2D eigenvalue weighted by molar-refractivity contribution is 0.0986. The van der Waals surface area contributed by atoms with Crippen LogP contribution in [0.2, 0.25) is 0 Å². The standard InChI is InChI=1S/C15H16N2O2S/c1-19-13-6-8-20-14(13)15(18)17-7-2-3-10-4-5-11(16)9-12(10)17/h4-6,8-9H,2-3,7,16H2,1H3. The van der Waals surface area contributed by atoms with Gasteiger partial charge in [0, 0.05) is 17.9 Å². The Bertz CT molecular complexity index is 651. The van der Waals surface area contributed by atoms with Crippen molar-refractivity contribution in [2.24, 2.45) is 0 Å². The monoisotopic (exact) mass is 288 g/mol. The normalized spacial score (nSPS) is 13.9. The SMILES string of the molecule is COc1ccsc1C(=O)N1CCCc2ccc(N)cc21. The summed E-state index contributed by atoms with van der Waals surface area (Å²) in [7, 11) is 1.58. The van der Waals surface area contributed by atoms with Crippen LogP contribution in [-0.2, 0) is 6.42 Å². The van der Waals surface area contributed by atoms with Crippen molar-refractivity contribution >= 4 is 28.6 Å². The number of carbonyl (C=O) groups excluding carboxylic acids is 1. The molecule has 104 valence electrons. The fraction of sp³-hybridized carbons (Fsp3) is 0.267. The molecule has 0 spiro atoms. The maximum atomic E-state index is 12.7. The van der Waals surface area contributed by atoms with Gasteiger partial charge in [-0.1, -0.05) is 6.07 Å². The van der Waals surface area contributed by atoms with Crippen LogP contribution in [0.4, 0.5) is 11.4 Å². The van der Waals surface area contributed by atoms with Crippen molar-refractivity contribution in [1.29, 1.82) is 0 Å². The average Bonchev–Trinajstić information content (AvgIpc) is 2.94. The third kappa shape index (κ3) is 2.14. The Morgan fingerprint density at radius 2 is 2.25 bits per heavy atom. The first kappa shape index (κ1) is 13.0. The average molecular weight is 288 g/mol. The molecule has 0 saturated carbocycles. The van der Waals surface area contributed by atoms with Gasteiger partial charge in [-0.2, -0.15) is 0 Å². The van der Waals surface area contributed by atoms with E-state index in [2.05, 4.69) is 0 Å². The molecular formula is C15H16N2O2S. The summed E-state index contributed by atoms with van der Waals surface area (Å²) < 4.78 is 5.25. The number of amides is 1. The van der Waals surface area contributed by atoms with Crippen LogP contribution in [0.1, 0.15) is 21.7 Å². The number of anilines is 2. The van der Waals surface area contributed by atoms with Crippen molar-refractivity contribution < 1.29 is 9.53 Å². The minimum atomic E-state index is -0.0107. The predicted octanol–water partition coefficient (Wildman–Crippen LogP) is 2.93. The van der Waals surface area contributed by atoms with Crippen molar-refractivity contribution in [1.82, 2.24) is 0 Å². The summed E-state index contributed by atoms with van der Waals surface area (Å²) >= 11 is 1.41. The van der Waals surface area contributed by atoms with E-state index in [1.54, 1.807) is 7.11 Å². The van der Waals surface area contributed by atoms with Crippen molar-refractivity contribution in [2.45, 2.75) is 12.8 Å². The third-order valence-electron chi connectivity index (χ3n) is 3.52. The highest BCUT2D eigenvalue weighted by Gasteiger charge is 2.26. The summed E-state index contributed by atoms with van der Waals surface area (Å²) in [5.41, 5.74) is 8.64. The fourth-order valence-corrected chi connectivity index (χ4v) is 3.35. The number of methoxy groups -OCH3 is 1. The van der Waals surface area contributed by atoms with Crippen LogP contribution in [0, 0.1) is 0 Å². The van der Waals surface area contributed by atoms with Gasteiger partial charge in [0.1, 0.15) is 10.6 Å². The van der Waals surface area contributed by atoms with Crippen LogP contribution >= 0.6 is 11.3 Å². The van der Waals surface area contributed by atoms with Crippen molar-refractivity contribution in [3.05, 3.63) is 40.1 Å². The quantitative estimate of drug-likeness (QED) is 0.864. The summed E-state index contributed by atoms with van der Waals surface area (Å²) in [5, 5.41) is 1.87. The van der Waals surface area contributed by atoms with Crippen LogP contribution in [0.3, 0.4) is 0 Å². The maximum Gasteiger partial charge on any atom is 0.272 e. The van der Waals surface area contributed by atoms with Crippen LogP contribution in [0.25, 0.3) is 0 Å².